The fourth-order valence-electron chi connectivity index (χ4n) is 1.25. The lowest BCUT2D eigenvalue weighted by Crippen LogP contribution is -2.09. The van der Waals surface area contributed by atoms with Crippen LogP contribution in [0.1, 0.15) is 0 Å². The van der Waals surface area contributed by atoms with Gasteiger partial charge in [-0.2, -0.15) is 0 Å². The predicted molar refractivity (Wildman–Crippen MR) is 58.0 cm³/mol. The largest absolute Gasteiger partial charge is 0.284 e. The van der Waals surface area contributed by atoms with E-state index in [2.05, 4.69) is 14.7 Å². The van der Waals surface area contributed by atoms with Gasteiger partial charge in [0, 0.05) is 11.6 Å². The molecule has 0 saturated heterocycles. The molecule has 1 heterocycles. The fourth-order valence-corrected chi connectivity index (χ4v) is 1.81. The second kappa shape index (κ2) is 3.47. The Hall–Kier alpha value is -1.69. The Bertz CT molecular complexity index is 595. The lowest BCUT2D eigenvalue weighted by molar-refractivity contribution is 0.607. The number of nitrogens with zero attached hydrogens (tertiary/aromatic N) is 2. The SMILES string of the molecule is CS(=O)(=O)Nc1ccc2cncnc2c1. The molecule has 0 spiro atoms. The third kappa shape index (κ3) is 2.41. The first-order chi connectivity index (χ1) is 7.04. The molecule has 0 saturated carbocycles. The Morgan fingerprint density at radius 3 is 2.87 bits per heavy atom. The molecular weight excluding hydrogens is 214 g/mol. The van der Waals surface area contributed by atoms with Crippen LogP contribution in [-0.4, -0.2) is 24.6 Å². The molecule has 78 valence electrons. The molecule has 0 amide bonds. The standard InChI is InChI=1S/C9H9N3O2S/c1-15(13,14)12-8-3-2-7-5-10-6-11-9(7)4-8/h2-6,12H,1H3. The highest BCUT2D eigenvalue weighted by Gasteiger charge is 2.02. The van der Waals surface area contributed by atoms with Crippen LogP contribution in [0.5, 0.6) is 0 Å². The Kier molecular flexibility index (Phi) is 2.28. The van der Waals surface area contributed by atoms with Crippen LogP contribution < -0.4 is 4.72 Å². The lowest BCUT2D eigenvalue weighted by atomic mass is 10.2. The summed E-state index contributed by atoms with van der Waals surface area (Å²) in [6, 6.07) is 5.10. The van der Waals surface area contributed by atoms with E-state index >= 15 is 0 Å². The molecule has 0 aliphatic carbocycles. The number of rotatable bonds is 2. The Balaban J connectivity index is 2.48. The smallest absolute Gasteiger partial charge is 0.229 e. The summed E-state index contributed by atoms with van der Waals surface area (Å²) in [5.41, 5.74) is 1.21. The molecule has 2 aromatic rings. The molecule has 1 aromatic heterocycles. The molecule has 1 N–H and O–H groups in total. The topological polar surface area (TPSA) is 72.0 Å². The average Bonchev–Trinajstić information content (AvgIpc) is 2.15. The van der Waals surface area contributed by atoms with Crippen LogP contribution in [0.15, 0.2) is 30.7 Å². The summed E-state index contributed by atoms with van der Waals surface area (Å²) < 4.78 is 24.4. The molecular formula is C9H9N3O2S. The van der Waals surface area contributed by atoms with Gasteiger partial charge in [-0.15, -0.1) is 0 Å². The second-order valence-corrected chi connectivity index (χ2v) is 4.92. The maximum absolute atomic E-state index is 11.0. The van der Waals surface area contributed by atoms with Gasteiger partial charge in [-0.3, -0.25) is 4.72 Å². The van der Waals surface area contributed by atoms with E-state index in [-0.39, 0.29) is 0 Å². The van der Waals surface area contributed by atoms with E-state index in [1.807, 2.05) is 0 Å². The van der Waals surface area contributed by atoms with Gasteiger partial charge < -0.3 is 0 Å². The van der Waals surface area contributed by atoms with Gasteiger partial charge in [0.2, 0.25) is 10.0 Å². The molecule has 0 unspecified atom stereocenters. The maximum atomic E-state index is 11.0. The zero-order valence-corrected chi connectivity index (χ0v) is 8.82. The van der Waals surface area contributed by atoms with Crippen molar-refractivity contribution in [3.63, 3.8) is 0 Å². The van der Waals surface area contributed by atoms with E-state index in [0.29, 0.717) is 11.2 Å². The minimum Gasteiger partial charge on any atom is -0.284 e. The van der Waals surface area contributed by atoms with Gasteiger partial charge in [0.25, 0.3) is 0 Å². The van der Waals surface area contributed by atoms with E-state index in [4.69, 9.17) is 0 Å². The van der Waals surface area contributed by atoms with Crippen LogP contribution in [0.25, 0.3) is 10.9 Å². The summed E-state index contributed by atoms with van der Waals surface area (Å²) in [5, 5.41) is 0.872. The molecule has 0 atom stereocenters. The quantitative estimate of drug-likeness (QED) is 0.824. The zero-order valence-electron chi connectivity index (χ0n) is 8.01. The first kappa shape index (κ1) is 9.85. The van der Waals surface area contributed by atoms with Crippen molar-refractivity contribution < 1.29 is 8.42 Å². The fraction of sp³-hybridized carbons (Fsp3) is 0.111. The van der Waals surface area contributed by atoms with Gasteiger partial charge in [-0.1, -0.05) is 0 Å². The number of sulfonamides is 1. The highest BCUT2D eigenvalue weighted by atomic mass is 32.2. The van der Waals surface area contributed by atoms with E-state index < -0.39 is 10.0 Å². The molecule has 15 heavy (non-hydrogen) atoms. The van der Waals surface area contributed by atoms with Gasteiger partial charge in [-0.25, -0.2) is 18.4 Å². The first-order valence-electron chi connectivity index (χ1n) is 4.22. The van der Waals surface area contributed by atoms with Gasteiger partial charge in [0.05, 0.1) is 17.5 Å². The molecule has 0 aliphatic rings. The van der Waals surface area contributed by atoms with Gasteiger partial charge in [-0.05, 0) is 18.2 Å². The molecule has 0 aliphatic heterocycles. The van der Waals surface area contributed by atoms with Crippen LogP contribution in [0.4, 0.5) is 5.69 Å². The van der Waals surface area contributed by atoms with Crippen LogP contribution in [0.2, 0.25) is 0 Å². The normalized spacial score (nSPS) is 11.5. The van der Waals surface area contributed by atoms with Crippen molar-refractivity contribution in [2.45, 2.75) is 0 Å². The number of anilines is 1. The summed E-state index contributed by atoms with van der Waals surface area (Å²) >= 11 is 0. The zero-order chi connectivity index (χ0) is 10.9. The summed E-state index contributed by atoms with van der Waals surface area (Å²) in [5.74, 6) is 0. The van der Waals surface area contributed by atoms with Crippen molar-refractivity contribution in [1.82, 2.24) is 9.97 Å². The highest BCUT2D eigenvalue weighted by Crippen LogP contribution is 2.16. The molecule has 5 nitrogen and oxygen atoms in total. The van der Waals surface area contributed by atoms with Crippen LogP contribution in [0, 0.1) is 0 Å². The number of nitrogens with one attached hydrogen (secondary N) is 1. The van der Waals surface area contributed by atoms with Crippen molar-refractivity contribution in [1.29, 1.82) is 0 Å². The Labute approximate surface area is 87.2 Å². The monoisotopic (exact) mass is 223 g/mol. The van der Waals surface area contributed by atoms with Crippen molar-refractivity contribution in [3.8, 4) is 0 Å². The molecule has 0 fully saturated rings. The Morgan fingerprint density at radius 2 is 2.13 bits per heavy atom. The van der Waals surface area contributed by atoms with Crippen molar-refractivity contribution >= 4 is 26.6 Å². The number of fused-ring (bicyclic) bond motifs is 1. The second-order valence-electron chi connectivity index (χ2n) is 3.17. The molecule has 6 heteroatoms. The van der Waals surface area contributed by atoms with E-state index in [0.717, 1.165) is 11.6 Å². The third-order valence-electron chi connectivity index (χ3n) is 1.81. The Morgan fingerprint density at radius 1 is 1.33 bits per heavy atom. The summed E-state index contributed by atoms with van der Waals surface area (Å²) in [7, 11) is -3.24. The number of hydrogen-bond donors (Lipinski definition) is 1. The van der Waals surface area contributed by atoms with Gasteiger partial charge in [0.1, 0.15) is 6.33 Å². The summed E-state index contributed by atoms with van der Waals surface area (Å²) in [4.78, 5) is 7.89. The average molecular weight is 223 g/mol. The molecule has 0 radical (unpaired) electrons. The minimum absolute atomic E-state index is 0.503. The van der Waals surface area contributed by atoms with Crippen LogP contribution in [-0.2, 0) is 10.0 Å². The number of benzene rings is 1. The summed E-state index contributed by atoms with van der Waals surface area (Å²) in [6.45, 7) is 0. The summed E-state index contributed by atoms with van der Waals surface area (Å²) in [6.07, 6.45) is 4.20. The highest BCUT2D eigenvalue weighted by molar-refractivity contribution is 7.92. The molecule has 2 rings (SSSR count). The third-order valence-corrected chi connectivity index (χ3v) is 2.42. The molecule has 0 bridgehead atoms. The first-order valence-corrected chi connectivity index (χ1v) is 6.11. The van der Waals surface area contributed by atoms with Crippen LogP contribution in [0.3, 0.4) is 0 Å². The van der Waals surface area contributed by atoms with Crippen LogP contribution >= 0.6 is 0 Å². The number of hydrogen-bond acceptors (Lipinski definition) is 4. The van der Waals surface area contributed by atoms with Crippen molar-refractivity contribution in [2.75, 3.05) is 11.0 Å². The van der Waals surface area contributed by atoms with E-state index in [9.17, 15) is 8.42 Å². The minimum atomic E-state index is -3.24. The van der Waals surface area contributed by atoms with Gasteiger partial charge >= 0.3 is 0 Å². The number of aromatic nitrogens is 2. The lowest BCUT2D eigenvalue weighted by Gasteiger charge is -2.04. The maximum Gasteiger partial charge on any atom is 0.229 e. The molecule has 1 aromatic carbocycles. The van der Waals surface area contributed by atoms with Crippen molar-refractivity contribution in [3.05, 3.63) is 30.7 Å². The van der Waals surface area contributed by atoms with Gasteiger partial charge in [0.15, 0.2) is 0 Å². The van der Waals surface area contributed by atoms with Crippen molar-refractivity contribution in [2.24, 2.45) is 0 Å². The van der Waals surface area contributed by atoms with E-state index in [1.54, 1.807) is 24.4 Å². The van der Waals surface area contributed by atoms with E-state index in [1.165, 1.54) is 6.33 Å². The predicted octanol–water partition coefficient (Wildman–Crippen LogP) is 1.00.